The van der Waals surface area contributed by atoms with Gasteiger partial charge in [0.2, 0.25) is 5.91 Å². The molecule has 2 fully saturated rings. The van der Waals surface area contributed by atoms with E-state index in [4.69, 9.17) is 0 Å². The minimum Gasteiger partial charge on any atom is -0.339 e. The van der Waals surface area contributed by atoms with Gasteiger partial charge in [-0.25, -0.2) is 0 Å². The van der Waals surface area contributed by atoms with E-state index in [0.29, 0.717) is 24.5 Å². The lowest BCUT2D eigenvalue weighted by Crippen LogP contribution is -2.42. The van der Waals surface area contributed by atoms with Crippen LogP contribution in [0.15, 0.2) is 0 Å². The van der Waals surface area contributed by atoms with Crippen molar-refractivity contribution < 1.29 is 4.79 Å². The van der Waals surface area contributed by atoms with Crippen molar-refractivity contribution in [3.05, 3.63) is 0 Å². The molecular weight excluding hydrogens is 188 g/mol. The van der Waals surface area contributed by atoms with Crippen molar-refractivity contribution >= 4 is 5.91 Å². The molecule has 3 nitrogen and oxygen atoms in total. The monoisotopic (exact) mass is 210 g/mol. The predicted molar refractivity (Wildman–Crippen MR) is 60.7 cm³/mol. The maximum absolute atomic E-state index is 11.9. The quantitative estimate of drug-likeness (QED) is 0.766. The van der Waals surface area contributed by atoms with Crippen LogP contribution < -0.4 is 5.32 Å². The molecule has 2 rings (SSSR count). The fourth-order valence-electron chi connectivity index (χ4n) is 2.77. The average Bonchev–Trinajstić information content (AvgIpc) is 2.84. The smallest absolute Gasteiger partial charge is 0.236 e. The molecule has 1 unspecified atom stereocenters. The largest absolute Gasteiger partial charge is 0.339 e. The second kappa shape index (κ2) is 4.97. The fraction of sp³-hybridized carbons (Fsp3) is 0.917. The first kappa shape index (κ1) is 10.9. The van der Waals surface area contributed by atoms with Gasteiger partial charge in [0.1, 0.15) is 0 Å². The SMILES string of the molecule is CC1CCCN1C(=O)CNC1CCCC1. The van der Waals surface area contributed by atoms with E-state index in [1.807, 2.05) is 4.90 Å². The van der Waals surface area contributed by atoms with Crippen molar-refractivity contribution in [3.8, 4) is 0 Å². The summed E-state index contributed by atoms with van der Waals surface area (Å²) in [5.41, 5.74) is 0. The van der Waals surface area contributed by atoms with E-state index < -0.39 is 0 Å². The molecule has 2 aliphatic rings. The summed E-state index contributed by atoms with van der Waals surface area (Å²) < 4.78 is 0. The van der Waals surface area contributed by atoms with Gasteiger partial charge >= 0.3 is 0 Å². The van der Waals surface area contributed by atoms with Gasteiger partial charge in [-0.1, -0.05) is 12.8 Å². The van der Waals surface area contributed by atoms with E-state index in [1.165, 1.54) is 38.5 Å². The Balaban J connectivity index is 1.71. The first-order chi connectivity index (χ1) is 7.27. The van der Waals surface area contributed by atoms with Gasteiger partial charge in [-0.15, -0.1) is 0 Å². The molecular formula is C12H22N2O. The highest BCUT2D eigenvalue weighted by atomic mass is 16.2. The van der Waals surface area contributed by atoms with Crippen molar-refractivity contribution in [3.63, 3.8) is 0 Å². The Bertz CT molecular complexity index is 224. The van der Waals surface area contributed by atoms with Crippen molar-refractivity contribution in [2.75, 3.05) is 13.1 Å². The third kappa shape index (κ3) is 2.71. The lowest BCUT2D eigenvalue weighted by molar-refractivity contribution is -0.130. The summed E-state index contributed by atoms with van der Waals surface area (Å²) in [4.78, 5) is 13.9. The van der Waals surface area contributed by atoms with E-state index >= 15 is 0 Å². The predicted octanol–water partition coefficient (Wildman–Crippen LogP) is 1.53. The molecule has 0 aromatic rings. The number of nitrogens with zero attached hydrogens (tertiary/aromatic N) is 1. The number of rotatable bonds is 3. The Hall–Kier alpha value is -0.570. The fourth-order valence-corrected chi connectivity index (χ4v) is 2.77. The molecule has 1 atom stereocenters. The minimum atomic E-state index is 0.298. The molecule has 0 aromatic heterocycles. The Morgan fingerprint density at radius 2 is 2.00 bits per heavy atom. The molecule has 0 aromatic carbocycles. The Morgan fingerprint density at radius 1 is 1.27 bits per heavy atom. The van der Waals surface area contributed by atoms with E-state index in [1.54, 1.807) is 0 Å². The van der Waals surface area contributed by atoms with Crippen molar-refractivity contribution in [2.45, 2.75) is 57.5 Å². The number of hydrogen-bond acceptors (Lipinski definition) is 2. The van der Waals surface area contributed by atoms with Crippen LogP contribution in [0.3, 0.4) is 0 Å². The molecule has 0 bridgehead atoms. The second-order valence-corrected chi connectivity index (χ2v) is 4.94. The molecule has 86 valence electrons. The van der Waals surface area contributed by atoms with Crippen LogP contribution in [-0.4, -0.2) is 36.0 Å². The molecule has 1 heterocycles. The van der Waals surface area contributed by atoms with Crippen LogP contribution in [-0.2, 0) is 4.79 Å². The molecule has 0 radical (unpaired) electrons. The standard InChI is InChI=1S/C12H22N2O/c1-10-5-4-8-14(10)12(15)9-13-11-6-2-3-7-11/h10-11,13H,2-9H2,1H3. The first-order valence-corrected chi connectivity index (χ1v) is 6.30. The molecule has 1 saturated carbocycles. The highest BCUT2D eigenvalue weighted by molar-refractivity contribution is 5.78. The molecule has 3 heteroatoms. The molecule has 1 amide bonds. The highest BCUT2D eigenvalue weighted by Crippen LogP contribution is 2.18. The molecule has 15 heavy (non-hydrogen) atoms. The lowest BCUT2D eigenvalue weighted by Gasteiger charge is -2.22. The Labute approximate surface area is 92.2 Å². The Morgan fingerprint density at radius 3 is 2.60 bits per heavy atom. The highest BCUT2D eigenvalue weighted by Gasteiger charge is 2.25. The van der Waals surface area contributed by atoms with E-state index in [2.05, 4.69) is 12.2 Å². The van der Waals surface area contributed by atoms with Crippen LogP contribution in [0.25, 0.3) is 0 Å². The van der Waals surface area contributed by atoms with Crippen LogP contribution in [0.2, 0.25) is 0 Å². The van der Waals surface area contributed by atoms with Gasteiger partial charge in [-0.05, 0) is 32.6 Å². The summed E-state index contributed by atoms with van der Waals surface area (Å²) in [5.74, 6) is 0.298. The zero-order chi connectivity index (χ0) is 10.7. The van der Waals surface area contributed by atoms with Crippen LogP contribution in [0, 0.1) is 0 Å². The van der Waals surface area contributed by atoms with Gasteiger partial charge in [0, 0.05) is 18.6 Å². The number of carbonyl (C=O) groups excluding carboxylic acids is 1. The number of carbonyl (C=O) groups is 1. The van der Waals surface area contributed by atoms with Crippen LogP contribution in [0.4, 0.5) is 0 Å². The van der Waals surface area contributed by atoms with Crippen molar-refractivity contribution in [2.24, 2.45) is 0 Å². The van der Waals surface area contributed by atoms with Gasteiger partial charge in [0.15, 0.2) is 0 Å². The van der Waals surface area contributed by atoms with E-state index in [9.17, 15) is 4.79 Å². The third-order valence-electron chi connectivity index (χ3n) is 3.77. The van der Waals surface area contributed by atoms with Crippen LogP contribution >= 0.6 is 0 Å². The third-order valence-corrected chi connectivity index (χ3v) is 3.77. The van der Waals surface area contributed by atoms with Gasteiger partial charge < -0.3 is 10.2 Å². The van der Waals surface area contributed by atoms with Crippen LogP contribution in [0.1, 0.15) is 45.4 Å². The lowest BCUT2D eigenvalue weighted by atomic mass is 10.2. The minimum absolute atomic E-state index is 0.298. The second-order valence-electron chi connectivity index (χ2n) is 4.94. The average molecular weight is 210 g/mol. The van der Waals surface area contributed by atoms with Crippen LogP contribution in [0.5, 0.6) is 0 Å². The van der Waals surface area contributed by atoms with Gasteiger partial charge in [0.05, 0.1) is 6.54 Å². The summed E-state index contributed by atoms with van der Waals surface area (Å²) in [5, 5.41) is 3.39. The number of hydrogen-bond donors (Lipinski definition) is 1. The maximum atomic E-state index is 11.9. The number of likely N-dealkylation sites (tertiary alicyclic amines) is 1. The summed E-state index contributed by atoms with van der Waals surface area (Å²) in [6.07, 6.45) is 7.51. The summed E-state index contributed by atoms with van der Waals surface area (Å²) >= 11 is 0. The van der Waals surface area contributed by atoms with Gasteiger partial charge in [0.25, 0.3) is 0 Å². The zero-order valence-electron chi connectivity index (χ0n) is 9.67. The van der Waals surface area contributed by atoms with Gasteiger partial charge in [-0.3, -0.25) is 4.79 Å². The molecule has 1 aliphatic carbocycles. The topological polar surface area (TPSA) is 32.3 Å². The van der Waals surface area contributed by atoms with E-state index in [0.717, 1.165) is 6.54 Å². The molecule has 1 N–H and O–H groups in total. The van der Waals surface area contributed by atoms with E-state index in [-0.39, 0.29) is 0 Å². The number of nitrogens with one attached hydrogen (secondary N) is 1. The molecule has 1 aliphatic heterocycles. The molecule has 1 saturated heterocycles. The van der Waals surface area contributed by atoms with Crippen molar-refractivity contribution in [1.82, 2.24) is 10.2 Å². The summed E-state index contributed by atoms with van der Waals surface area (Å²) in [6, 6.07) is 1.06. The van der Waals surface area contributed by atoms with Crippen molar-refractivity contribution in [1.29, 1.82) is 0 Å². The zero-order valence-corrected chi connectivity index (χ0v) is 9.67. The summed E-state index contributed by atoms with van der Waals surface area (Å²) in [7, 11) is 0. The number of amides is 1. The first-order valence-electron chi connectivity index (χ1n) is 6.30. The maximum Gasteiger partial charge on any atom is 0.236 e. The summed E-state index contributed by atoms with van der Waals surface area (Å²) in [6.45, 7) is 3.67. The Kier molecular flexibility index (Phi) is 3.62. The molecule has 0 spiro atoms. The van der Waals surface area contributed by atoms with Gasteiger partial charge in [-0.2, -0.15) is 0 Å². The normalized spacial score (nSPS) is 27.5.